The average Bonchev–Trinajstić information content (AvgIpc) is 3.17. The number of anilines is 1. The molecule has 0 saturated heterocycles. The number of aromatic nitrogens is 1. The number of hydrogen-bond acceptors (Lipinski definition) is 3. The third kappa shape index (κ3) is 3.61. The first-order valence-corrected chi connectivity index (χ1v) is 7.96. The van der Waals surface area contributed by atoms with Crippen LogP contribution in [0.25, 0.3) is 5.69 Å². The first kappa shape index (κ1) is 16.9. The fraction of sp³-hybridized carbons (Fsp3) is 0.105. The fourth-order valence-electron chi connectivity index (χ4n) is 2.45. The second kappa shape index (κ2) is 7.32. The zero-order valence-corrected chi connectivity index (χ0v) is 14.6. The Balaban J connectivity index is 1.90. The molecule has 0 radical (unpaired) electrons. The van der Waals surface area contributed by atoms with Gasteiger partial charge in [0.05, 0.1) is 30.5 Å². The third-order valence-electron chi connectivity index (χ3n) is 3.75. The number of methoxy groups -OCH3 is 2. The monoisotopic (exact) mass is 356 g/mol. The van der Waals surface area contributed by atoms with Gasteiger partial charge in [0.25, 0.3) is 5.91 Å². The molecule has 0 fully saturated rings. The van der Waals surface area contributed by atoms with Crippen molar-refractivity contribution in [2.45, 2.75) is 0 Å². The van der Waals surface area contributed by atoms with Gasteiger partial charge in [-0.1, -0.05) is 11.6 Å². The van der Waals surface area contributed by atoms with E-state index >= 15 is 0 Å². The van der Waals surface area contributed by atoms with Crippen LogP contribution < -0.4 is 14.8 Å². The molecule has 0 bridgehead atoms. The van der Waals surface area contributed by atoms with Crippen LogP contribution in [0.1, 0.15) is 10.4 Å². The summed E-state index contributed by atoms with van der Waals surface area (Å²) >= 11 is 6.22. The molecule has 0 aliphatic heterocycles. The Morgan fingerprint density at radius 2 is 1.80 bits per heavy atom. The number of carbonyl (C=O) groups is 1. The van der Waals surface area contributed by atoms with Crippen molar-refractivity contribution < 1.29 is 14.3 Å². The number of halogens is 1. The highest BCUT2D eigenvalue weighted by atomic mass is 35.5. The molecule has 25 heavy (non-hydrogen) atoms. The van der Waals surface area contributed by atoms with Gasteiger partial charge in [-0.05, 0) is 42.5 Å². The van der Waals surface area contributed by atoms with Crippen LogP contribution in [-0.2, 0) is 0 Å². The number of benzene rings is 2. The van der Waals surface area contributed by atoms with Crippen molar-refractivity contribution in [3.05, 3.63) is 71.5 Å². The molecule has 0 saturated carbocycles. The molecule has 0 aliphatic rings. The number of carbonyl (C=O) groups excluding carboxylic acids is 1. The Hall–Kier alpha value is -2.92. The van der Waals surface area contributed by atoms with Gasteiger partial charge in [0, 0.05) is 24.1 Å². The minimum Gasteiger partial charge on any atom is -0.497 e. The van der Waals surface area contributed by atoms with Gasteiger partial charge in [0.15, 0.2) is 0 Å². The van der Waals surface area contributed by atoms with Gasteiger partial charge >= 0.3 is 0 Å². The van der Waals surface area contributed by atoms with Gasteiger partial charge in [0.1, 0.15) is 11.5 Å². The summed E-state index contributed by atoms with van der Waals surface area (Å²) in [5.41, 5.74) is 1.77. The molecule has 128 valence electrons. The van der Waals surface area contributed by atoms with Crippen molar-refractivity contribution in [1.82, 2.24) is 4.57 Å². The van der Waals surface area contributed by atoms with Crippen molar-refractivity contribution in [2.75, 3.05) is 19.5 Å². The molecule has 1 aromatic heterocycles. The molecule has 2 aromatic carbocycles. The quantitative estimate of drug-likeness (QED) is 0.737. The number of nitrogens with zero attached hydrogens (tertiary/aromatic N) is 1. The summed E-state index contributed by atoms with van der Waals surface area (Å²) < 4.78 is 12.4. The molecular weight excluding hydrogens is 340 g/mol. The maximum absolute atomic E-state index is 12.7. The maximum atomic E-state index is 12.7. The van der Waals surface area contributed by atoms with Crippen LogP contribution in [0.2, 0.25) is 5.02 Å². The molecule has 0 unspecified atom stereocenters. The van der Waals surface area contributed by atoms with Crippen LogP contribution in [0.5, 0.6) is 11.5 Å². The minimum atomic E-state index is -0.317. The molecule has 0 spiro atoms. The van der Waals surface area contributed by atoms with Crippen molar-refractivity contribution in [2.24, 2.45) is 0 Å². The van der Waals surface area contributed by atoms with Crippen LogP contribution in [0.15, 0.2) is 60.9 Å². The molecule has 1 N–H and O–H groups in total. The lowest BCUT2D eigenvalue weighted by atomic mass is 10.1. The number of rotatable bonds is 5. The van der Waals surface area contributed by atoms with Crippen LogP contribution in [0.4, 0.5) is 5.69 Å². The smallest absolute Gasteiger partial charge is 0.257 e. The molecule has 6 heteroatoms. The Kier molecular flexibility index (Phi) is 4.95. The summed E-state index contributed by atoms with van der Waals surface area (Å²) in [4.78, 5) is 12.7. The number of amides is 1. The molecule has 3 aromatic rings. The first-order valence-electron chi connectivity index (χ1n) is 7.58. The van der Waals surface area contributed by atoms with E-state index in [1.54, 1.807) is 37.4 Å². The van der Waals surface area contributed by atoms with Gasteiger partial charge in [-0.3, -0.25) is 4.79 Å². The topological polar surface area (TPSA) is 52.5 Å². The number of nitrogens with one attached hydrogen (secondary N) is 1. The lowest BCUT2D eigenvalue weighted by Crippen LogP contribution is -2.13. The zero-order chi connectivity index (χ0) is 17.8. The van der Waals surface area contributed by atoms with Crippen molar-refractivity contribution >= 4 is 23.2 Å². The molecule has 0 atom stereocenters. The largest absolute Gasteiger partial charge is 0.497 e. The lowest BCUT2D eigenvalue weighted by molar-refractivity contribution is 0.102. The number of ether oxygens (including phenoxy) is 2. The lowest BCUT2D eigenvalue weighted by Gasteiger charge is -2.13. The van der Waals surface area contributed by atoms with Gasteiger partial charge in [-0.15, -0.1) is 0 Å². The standard InChI is InChI=1S/C19H17ClN2O3/c1-24-14-6-8-17(18(12-14)25-2)21-19(23)15-11-13(5-7-16(15)20)22-9-3-4-10-22/h3-12H,1-2H3,(H,21,23). The molecule has 5 nitrogen and oxygen atoms in total. The van der Waals surface area contributed by atoms with Gasteiger partial charge < -0.3 is 19.4 Å². The Labute approximate surface area is 150 Å². The maximum Gasteiger partial charge on any atom is 0.257 e. The minimum absolute atomic E-state index is 0.317. The van der Waals surface area contributed by atoms with E-state index < -0.39 is 0 Å². The van der Waals surface area contributed by atoms with Crippen LogP contribution in [-0.4, -0.2) is 24.7 Å². The van der Waals surface area contributed by atoms with E-state index in [0.717, 1.165) is 5.69 Å². The molecule has 1 heterocycles. The summed E-state index contributed by atoms with van der Waals surface area (Å²) in [7, 11) is 3.10. The first-order chi connectivity index (χ1) is 12.1. The summed E-state index contributed by atoms with van der Waals surface area (Å²) in [6, 6.07) is 14.3. The Morgan fingerprint density at radius 1 is 1.04 bits per heavy atom. The normalized spacial score (nSPS) is 10.4. The molecule has 3 rings (SSSR count). The Bertz CT molecular complexity index is 892. The predicted molar refractivity (Wildman–Crippen MR) is 98.3 cm³/mol. The SMILES string of the molecule is COc1ccc(NC(=O)c2cc(-n3cccc3)ccc2Cl)c(OC)c1. The molecular formula is C19H17ClN2O3. The molecule has 1 amide bonds. The highest BCUT2D eigenvalue weighted by Gasteiger charge is 2.15. The second-order valence-electron chi connectivity index (χ2n) is 5.27. The second-order valence-corrected chi connectivity index (χ2v) is 5.68. The van der Waals surface area contributed by atoms with Crippen LogP contribution >= 0.6 is 11.6 Å². The van der Waals surface area contributed by atoms with Crippen LogP contribution in [0.3, 0.4) is 0 Å². The average molecular weight is 357 g/mol. The van der Waals surface area contributed by atoms with Crippen molar-refractivity contribution in [3.63, 3.8) is 0 Å². The summed E-state index contributed by atoms with van der Waals surface area (Å²) in [5.74, 6) is 0.829. The van der Waals surface area contributed by atoms with E-state index in [9.17, 15) is 4.79 Å². The van der Waals surface area contributed by atoms with Gasteiger partial charge in [-0.2, -0.15) is 0 Å². The van der Waals surface area contributed by atoms with E-state index in [1.807, 2.05) is 35.2 Å². The highest BCUT2D eigenvalue weighted by Crippen LogP contribution is 2.30. The van der Waals surface area contributed by atoms with Gasteiger partial charge in [-0.25, -0.2) is 0 Å². The predicted octanol–water partition coefficient (Wildman–Crippen LogP) is 4.40. The summed E-state index contributed by atoms with van der Waals surface area (Å²) in [6.07, 6.45) is 3.80. The Morgan fingerprint density at radius 3 is 2.48 bits per heavy atom. The highest BCUT2D eigenvalue weighted by molar-refractivity contribution is 6.34. The third-order valence-corrected chi connectivity index (χ3v) is 4.08. The zero-order valence-electron chi connectivity index (χ0n) is 13.8. The van der Waals surface area contributed by atoms with Gasteiger partial charge in [0.2, 0.25) is 0 Å². The van der Waals surface area contributed by atoms with E-state index in [-0.39, 0.29) is 5.91 Å². The fourth-order valence-corrected chi connectivity index (χ4v) is 2.65. The number of hydrogen-bond donors (Lipinski definition) is 1. The molecule has 0 aliphatic carbocycles. The van der Waals surface area contributed by atoms with Crippen LogP contribution in [0, 0.1) is 0 Å². The summed E-state index contributed by atoms with van der Waals surface area (Å²) in [6.45, 7) is 0. The van der Waals surface area contributed by atoms with E-state index in [2.05, 4.69) is 5.32 Å². The van der Waals surface area contributed by atoms with E-state index in [4.69, 9.17) is 21.1 Å². The van der Waals surface area contributed by atoms with E-state index in [0.29, 0.717) is 27.8 Å². The van der Waals surface area contributed by atoms with E-state index in [1.165, 1.54) is 7.11 Å². The summed E-state index contributed by atoms with van der Waals surface area (Å²) in [5, 5.41) is 3.21. The van der Waals surface area contributed by atoms with Crippen molar-refractivity contribution in [3.8, 4) is 17.2 Å². The van der Waals surface area contributed by atoms with Crippen molar-refractivity contribution in [1.29, 1.82) is 0 Å².